The SMILES string of the molecule is CN(CC1CCCCC1)C(=O)c1ccc(N)cc1-c1nnn[nH]1. The van der Waals surface area contributed by atoms with Crippen molar-refractivity contribution in [1.29, 1.82) is 0 Å². The predicted octanol–water partition coefficient (Wildman–Crippen LogP) is 2.10. The maximum absolute atomic E-state index is 12.8. The maximum Gasteiger partial charge on any atom is 0.254 e. The summed E-state index contributed by atoms with van der Waals surface area (Å²) in [5.74, 6) is 1.02. The summed E-state index contributed by atoms with van der Waals surface area (Å²) < 4.78 is 0. The second-order valence-electron chi connectivity index (χ2n) is 6.24. The number of rotatable bonds is 4. The molecule has 23 heavy (non-hydrogen) atoms. The molecule has 122 valence electrons. The lowest BCUT2D eigenvalue weighted by Gasteiger charge is -2.27. The molecule has 0 saturated heterocycles. The Labute approximate surface area is 135 Å². The van der Waals surface area contributed by atoms with E-state index in [4.69, 9.17) is 5.73 Å². The molecule has 0 atom stereocenters. The first kappa shape index (κ1) is 15.5. The van der Waals surface area contributed by atoms with Gasteiger partial charge in [-0.25, -0.2) is 5.10 Å². The number of H-pyrrole nitrogens is 1. The van der Waals surface area contributed by atoms with Crippen LogP contribution >= 0.6 is 0 Å². The highest BCUT2D eigenvalue weighted by molar-refractivity contribution is 6.00. The Bertz CT molecular complexity index is 663. The Kier molecular flexibility index (Phi) is 4.55. The van der Waals surface area contributed by atoms with Crippen LogP contribution in [0, 0.1) is 5.92 Å². The minimum Gasteiger partial charge on any atom is -0.399 e. The van der Waals surface area contributed by atoms with Crippen LogP contribution in [0.25, 0.3) is 11.4 Å². The van der Waals surface area contributed by atoms with Gasteiger partial charge >= 0.3 is 0 Å². The number of anilines is 1. The van der Waals surface area contributed by atoms with Crippen molar-refractivity contribution in [1.82, 2.24) is 25.5 Å². The van der Waals surface area contributed by atoms with E-state index in [9.17, 15) is 4.79 Å². The van der Waals surface area contributed by atoms with Gasteiger partial charge in [-0.3, -0.25) is 4.79 Å². The van der Waals surface area contributed by atoms with Gasteiger partial charge in [0.25, 0.3) is 5.91 Å². The normalized spacial score (nSPS) is 15.5. The average molecular weight is 314 g/mol. The Balaban J connectivity index is 1.81. The molecular weight excluding hydrogens is 292 g/mol. The lowest BCUT2D eigenvalue weighted by Crippen LogP contribution is -2.33. The zero-order valence-electron chi connectivity index (χ0n) is 13.3. The highest BCUT2D eigenvalue weighted by atomic mass is 16.2. The molecule has 1 aromatic heterocycles. The van der Waals surface area contributed by atoms with Crippen LogP contribution in [0.4, 0.5) is 5.69 Å². The van der Waals surface area contributed by atoms with Crippen molar-refractivity contribution in [2.75, 3.05) is 19.3 Å². The van der Waals surface area contributed by atoms with Gasteiger partial charge in [0, 0.05) is 24.8 Å². The first-order valence-corrected chi connectivity index (χ1v) is 8.04. The molecule has 0 spiro atoms. The van der Waals surface area contributed by atoms with Crippen LogP contribution in [0.3, 0.4) is 0 Å². The van der Waals surface area contributed by atoms with Gasteiger partial charge in [0.1, 0.15) is 0 Å². The van der Waals surface area contributed by atoms with Crippen LogP contribution in [-0.4, -0.2) is 45.0 Å². The zero-order chi connectivity index (χ0) is 16.2. The fourth-order valence-electron chi connectivity index (χ4n) is 3.26. The molecule has 7 nitrogen and oxygen atoms in total. The summed E-state index contributed by atoms with van der Waals surface area (Å²) in [5, 5.41) is 13.8. The van der Waals surface area contributed by atoms with Gasteiger partial charge in [0.15, 0.2) is 5.82 Å². The number of aromatic nitrogens is 4. The minimum absolute atomic E-state index is 0.0260. The molecule has 2 aromatic rings. The lowest BCUT2D eigenvalue weighted by molar-refractivity contribution is 0.0761. The van der Waals surface area contributed by atoms with Gasteiger partial charge in [-0.1, -0.05) is 19.3 Å². The molecule has 0 radical (unpaired) electrons. The highest BCUT2D eigenvalue weighted by Gasteiger charge is 2.22. The van der Waals surface area contributed by atoms with E-state index in [1.165, 1.54) is 32.1 Å². The molecule has 1 aromatic carbocycles. The van der Waals surface area contributed by atoms with E-state index in [-0.39, 0.29) is 5.91 Å². The molecule has 1 aliphatic carbocycles. The quantitative estimate of drug-likeness (QED) is 0.842. The number of nitrogens with one attached hydrogen (secondary N) is 1. The Morgan fingerprint density at radius 3 is 2.83 bits per heavy atom. The molecule has 1 heterocycles. The summed E-state index contributed by atoms with van der Waals surface area (Å²) in [4.78, 5) is 14.6. The Morgan fingerprint density at radius 1 is 1.35 bits per heavy atom. The predicted molar refractivity (Wildman–Crippen MR) is 87.6 cm³/mol. The van der Waals surface area contributed by atoms with E-state index in [2.05, 4.69) is 20.6 Å². The minimum atomic E-state index is -0.0260. The number of nitrogens with zero attached hydrogens (tertiary/aromatic N) is 4. The monoisotopic (exact) mass is 314 g/mol. The molecule has 1 saturated carbocycles. The van der Waals surface area contributed by atoms with Crippen molar-refractivity contribution in [3.8, 4) is 11.4 Å². The fraction of sp³-hybridized carbons (Fsp3) is 0.500. The number of carbonyl (C=O) groups excluding carboxylic acids is 1. The molecule has 1 aliphatic rings. The van der Waals surface area contributed by atoms with E-state index >= 15 is 0 Å². The zero-order valence-corrected chi connectivity index (χ0v) is 13.3. The van der Waals surface area contributed by atoms with Crippen LogP contribution in [0.2, 0.25) is 0 Å². The molecule has 0 aliphatic heterocycles. The Hall–Kier alpha value is -2.44. The number of carbonyl (C=O) groups is 1. The van der Waals surface area contributed by atoms with Gasteiger partial charge in [-0.05, 0) is 47.4 Å². The van der Waals surface area contributed by atoms with E-state index < -0.39 is 0 Å². The van der Waals surface area contributed by atoms with E-state index in [1.807, 2.05) is 7.05 Å². The second kappa shape index (κ2) is 6.76. The van der Waals surface area contributed by atoms with Crippen LogP contribution in [0.5, 0.6) is 0 Å². The standard InChI is InChI=1S/C16H22N6O/c1-22(10-11-5-3-2-4-6-11)16(23)13-8-7-12(17)9-14(13)15-18-20-21-19-15/h7-9,11H,2-6,10,17H2,1H3,(H,18,19,20,21). The van der Waals surface area contributed by atoms with Crippen molar-refractivity contribution in [3.05, 3.63) is 23.8 Å². The summed E-state index contributed by atoms with van der Waals surface area (Å²) in [5.41, 5.74) is 7.62. The van der Waals surface area contributed by atoms with Gasteiger partial charge in [0.2, 0.25) is 0 Å². The highest BCUT2D eigenvalue weighted by Crippen LogP contribution is 2.27. The van der Waals surface area contributed by atoms with Crippen LogP contribution in [0.1, 0.15) is 42.5 Å². The molecule has 1 fully saturated rings. The van der Waals surface area contributed by atoms with Crippen LogP contribution in [-0.2, 0) is 0 Å². The number of hydrogen-bond donors (Lipinski definition) is 2. The summed E-state index contributed by atoms with van der Waals surface area (Å²) in [6.45, 7) is 0.789. The van der Waals surface area contributed by atoms with Crippen molar-refractivity contribution >= 4 is 11.6 Å². The van der Waals surface area contributed by atoms with Crippen LogP contribution < -0.4 is 5.73 Å². The number of tetrazole rings is 1. The molecule has 0 bridgehead atoms. The number of amides is 1. The first-order chi connectivity index (χ1) is 11.1. The second-order valence-corrected chi connectivity index (χ2v) is 6.24. The van der Waals surface area contributed by atoms with Gasteiger partial charge in [-0.15, -0.1) is 5.10 Å². The van der Waals surface area contributed by atoms with Crippen molar-refractivity contribution in [2.45, 2.75) is 32.1 Å². The Morgan fingerprint density at radius 2 is 2.13 bits per heavy atom. The molecule has 3 rings (SSSR count). The average Bonchev–Trinajstić information content (AvgIpc) is 3.09. The molecule has 1 amide bonds. The number of nitrogen functional groups attached to an aromatic ring is 1. The van der Waals surface area contributed by atoms with E-state index in [0.29, 0.717) is 28.6 Å². The third-order valence-electron chi connectivity index (χ3n) is 4.48. The maximum atomic E-state index is 12.8. The molecule has 7 heteroatoms. The topological polar surface area (TPSA) is 101 Å². The van der Waals surface area contributed by atoms with Crippen molar-refractivity contribution in [2.24, 2.45) is 5.92 Å². The summed E-state index contributed by atoms with van der Waals surface area (Å²) in [6, 6.07) is 5.20. The molecule has 3 N–H and O–H groups in total. The molecular formula is C16H22N6O. The summed E-state index contributed by atoms with van der Waals surface area (Å²) >= 11 is 0. The van der Waals surface area contributed by atoms with Crippen molar-refractivity contribution in [3.63, 3.8) is 0 Å². The summed E-state index contributed by atoms with van der Waals surface area (Å²) in [6.07, 6.45) is 6.26. The lowest BCUT2D eigenvalue weighted by atomic mass is 9.89. The largest absolute Gasteiger partial charge is 0.399 e. The van der Waals surface area contributed by atoms with Crippen molar-refractivity contribution < 1.29 is 4.79 Å². The van der Waals surface area contributed by atoms with Gasteiger partial charge in [0.05, 0.1) is 5.56 Å². The van der Waals surface area contributed by atoms with Gasteiger partial charge in [-0.2, -0.15) is 0 Å². The van der Waals surface area contributed by atoms with Crippen LogP contribution in [0.15, 0.2) is 18.2 Å². The summed E-state index contributed by atoms with van der Waals surface area (Å²) in [7, 11) is 1.86. The third kappa shape index (κ3) is 3.49. The van der Waals surface area contributed by atoms with Gasteiger partial charge < -0.3 is 10.6 Å². The number of hydrogen-bond acceptors (Lipinski definition) is 5. The first-order valence-electron chi connectivity index (χ1n) is 8.04. The third-order valence-corrected chi connectivity index (χ3v) is 4.48. The van der Waals surface area contributed by atoms with E-state index in [1.54, 1.807) is 23.1 Å². The number of benzene rings is 1. The fourth-order valence-corrected chi connectivity index (χ4v) is 3.26. The smallest absolute Gasteiger partial charge is 0.254 e. The van der Waals surface area contributed by atoms with E-state index in [0.717, 1.165) is 6.54 Å². The number of aromatic amines is 1. The number of nitrogens with two attached hydrogens (primary N) is 1. The molecule has 0 unspecified atom stereocenters.